The van der Waals surface area contributed by atoms with Gasteiger partial charge in [-0.3, -0.25) is 45.3 Å². The minimum Gasteiger partial charge on any atom is -0.481 e. The van der Waals surface area contributed by atoms with Crippen molar-refractivity contribution in [2.45, 2.75) is 30.8 Å². The molecular formula is C6H7FN4O10. The van der Waals surface area contributed by atoms with Gasteiger partial charge in [0.05, 0.1) is 16.3 Å². The second-order valence-electron chi connectivity index (χ2n) is 3.80. The average Bonchev–Trinajstić information content (AvgIpc) is 2.32. The predicted molar refractivity (Wildman–Crippen MR) is 56.0 cm³/mol. The first-order valence-corrected chi connectivity index (χ1v) is 4.89. The van der Waals surface area contributed by atoms with E-state index in [9.17, 15) is 49.6 Å². The first-order chi connectivity index (χ1) is 9.40. The molecule has 0 aromatic rings. The van der Waals surface area contributed by atoms with Crippen molar-refractivity contribution in [3.05, 3.63) is 40.5 Å². The quantitative estimate of drug-likeness (QED) is 0.253. The van der Waals surface area contributed by atoms with Gasteiger partial charge in [-0.25, -0.2) is 0 Å². The molecule has 15 heteroatoms. The number of rotatable bonds is 9. The van der Waals surface area contributed by atoms with Gasteiger partial charge in [-0.2, -0.15) is 0 Å². The van der Waals surface area contributed by atoms with E-state index in [-0.39, 0.29) is 0 Å². The van der Waals surface area contributed by atoms with Crippen LogP contribution in [0.5, 0.6) is 0 Å². The summed E-state index contributed by atoms with van der Waals surface area (Å²) in [4.78, 5) is 44.7. The predicted octanol–water partition coefficient (Wildman–Crippen LogP) is -0.332. The van der Waals surface area contributed by atoms with Crippen molar-refractivity contribution >= 4 is 5.97 Å². The highest BCUT2D eigenvalue weighted by atomic mass is 19.2. The summed E-state index contributed by atoms with van der Waals surface area (Å²) in [5.41, 5.74) is -3.72. The summed E-state index contributed by atoms with van der Waals surface area (Å²) in [6, 6.07) is 0. The van der Waals surface area contributed by atoms with Crippen molar-refractivity contribution in [3.63, 3.8) is 0 Å². The zero-order valence-electron chi connectivity index (χ0n) is 9.91. The molecule has 21 heavy (non-hydrogen) atoms. The molecule has 0 aliphatic rings. The third-order valence-electron chi connectivity index (χ3n) is 2.49. The van der Waals surface area contributed by atoms with Gasteiger partial charge >= 0.3 is 17.5 Å². The molecule has 0 heterocycles. The van der Waals surface area contributed by atoms with E-state index < -0.39 is 56.5 Å². The topological polar surface area (TPSA) is 210 Å². The molecule has 1 N–H and O–H groups in total. The van der Waals surface area contributed by atoms with Gasteiger partial charge in [0, 0.05) is 0 Å². The van der Waals surface area contributed by atoms with Crippen LogP contribution in [0.1, 0.15) is 19.3 Å². The van der Waals surface area contributed by atoms with Crippen molar-refractivity contribution < 1.29 is 34.0 Å². The molecule has 0 saturated carbocycles. The number of nitrogens with zero attached hydrogens (tertiary/aromatic N) is 4. The Hall–Kier alpha value is -3.00. The molecule has 0 fully saturated rings. The lowest BCUT2D eigenvalue weighted by atomic mass is 9.98. The second-order valence-corrected chi connectivity index (χ2v) is 3.80. The number of hydrogen-bond acceptors (Lipinski definition) is 9. The van der Waals surface area contributed by atoms with Gasteiger partial charge in [0.1, 0.15) is 16.3 Å². The lowest BCUT2D eigenvalue weighted by molar-refractivity contribution is -0.868. The zero-order chi connectivity index (χ0) is 17.0. The van der Waals surface area contributed by atoms with Crippen molar-refractivity contribution in [2.75, 3.05) is 0 Å². The Morgan fingerprint density at radius 2 is 1.33 bits per heavy atom. The van der Waals surface area contributed by atoms with Gasteiger partial charge in [0.2, 0.25) is 0 Å². The normalized spacial score (nSPS) is 11.7. The molecule has 118 valence electrons. The molecule has 0 saturated heterocycles. The standard InChI is InChI=1S/C6H7FN4O10/c7-6(10(18)19,11(20)21)3-5(8(14)15,9(16)17)2-1-4(12)13/h1-3H2,(H,12,13). The molecule has 0 amide bonds. The fraction of sp³-hybridized carbons (Fsp3) is 0.833. The lowest BCUT2D eigenvalue weighted by Gasteiger charge is -2.17. The summed E-state index contributed by atoms with van der Waals surface area (Å²) in [5, 5.41) is 50.6. The van der Waals surface area contributed by atoms with E-state index in [0.717, 1.165) is 0 Å². The fourth-order valence-corrected chi connectivity index (χ4v) is 1.33. The van der Waals surface area contributed by atoms with Crippen molar-refractivity contribution in [2.24, 2.45) is 0 Å². The molecule has 14 nitrogen and oxygen atoms in total. The molecule has 0 rings (SSSR count). The number of aliphatic carboxylic acids is 1. The fourth-order valence-electron chi connectivity index (χ4n) is 1.33. The van der Waals surface area contributed by atoms with Crippen LogP contribution in [0.15, 0.2) is 0 Å². The van der Waals surface area contributed by atoms with Gasteiger partial charge in [-0.1, -0.05) is 4.39 Å². The van der Waals surface area contributed by atoms with Crippen LogP contribution >= 0.6 is 0 Å². The van der Waals surface area contributed by atoms with Gasteiger partial charge < -0.3 is 5.11 Å². The molecule has 0 aliphatic heterocycles. The zero-order valence-corrected chi connectivity index (χ0v) is 9.91. The van der Waals surface area contributed by atoms with E-state index in [2.05, 4.69) is 0 Å². The number of nitro groups is 4. The van der Waals surface area contributed by atoms with E-state index in [1.54, 1.807) is 0 Å². The first kappa shape index (κ1) is 18.0. The number of alkyl halides is 1. The summed E-state index contributed by atoms with van der Waals surface area (Å²) in [6.07, 6.45) is -5.03. The molecule has 0 aromatic carbocycles. The Balaban J connectivity index is 5.85. The number of carboxylic acids is 1. The van der Waals surface area contributed by atoms with E-state index in [0.29, 0.717) is 0 Å². The largest absolute Gasteiger partial charge is 0.628 e. The minimum atomic E-state index is -4.70. The molecule has 0 radical (unpaired) electrons. The van der Waals surface area contributed by atoms with E-state index in [1.807, 2.05) is 0 Å². The van der Waals surface area contributed by atoms with Crippen LogP contribution in [0.25, 0.3) is 0 Å². The SMILES string of the molecule is O=C(O)CCC(CC(F)([N+](=O)[O-])[N+](=O)[O-])([N+](=O)[O-])[N+](=O)[O-]. The number of hydrogen-bond donors (Lipinski definition) is 1. The smallest absolute Gasteiger partial charge is 0.481 e. The molecule has 0 unspecified atom stereocenters. The Morgan fingerprint density at radius 3 is 1.57 bits per heavy atom. The van der Waals surface area contributed by atoms with Crippen LogP contribution in [-0.4, -0.2) is 42.3 Å². The van der Waals surface area contributed by atoms with E-state index in [4.69, 9.17) is 5.11 Å². The third-order valence-corrected chi connectivity index (χ3v) is 2.49. The minimum absolute atomic E-state index is 1.21. The Bertz CT molecular complexity index is 478. The highest BCUT2D eigenvalue weighted by Gasteiger charge is 2.73. The van der Waals surface area contributed by atoms with E-state index in [1.165, 1.54) is 0 Å². The molecule has 0 atom stereocenters. The molecule has 0 aliphatic carbocycles. The highest BCUT2D eigenvalue weighted by molar-refractivity contribution is 5.66. The van der Waals surface area contributed by atoms with Crippen LogP contribution in [-0.2, 0) is 4.79 Å². The highest BCUT2D eigenvalue weighted by Crippen LogP contribution is 2.32. The van der Waals surface area contributed by atoms with Gasteiger partial charge in [-0.05, 0) is 0 Å². The average molecular weight is 314 g/mol. The van der Waals surface area contributed by atoms with E-state index >= 15 is 0 Å². The Labute approximate surface area is 112 Å². The number of halogens is 1. The maximum Gasteiger partial charge on any atom is 0.628 e. The maximum absolute atomic E-state index is 13.6. The van der Waals surface area contributed by atoms with Crippen molar-refractivity contribution in [1.82, 2.24) is 0 Å². The Kier molecular flexibility index (Phi) is 5.12. The Morgan fingerprint density at radius 1 is 0.952 bits per heavy atom. The van der Waals surface area contributed by atoms with Crippen LogP contribution in [0.3, 0.4) is 0 Å². The van der Waals surface area contributed by atoms with Gasteiger partial charge in [0.25, 0.3) is 6.42 Å². The van der Waals surface area contributed by atoms with Crippen molar-refractivity contribution in [3.8, 4) is 0 Å². The maximum atomic E-state index is 13.6. The molecule has 0 bridgehead atoms. The van der Waals surface area contributed by atoms with Crippen molar-refractivity contribution in [1.29, 1.82) is 0 Å². The summed E-state index contributed by atoms with van der Waals surface area (Å²) in [6.45, 7) is 0. The summed E-state index contributed by atoms with van der Waals surface area (Å²) >= 11 is 0. The summed E-state index contributed by atoms with van der Waals surface area (Å²) < 4.78 is 13.6. The number of carboxylic acid groups (broad SMARTS) is 1. The third kappa shape index (κ3) is 3.51. The molecule has 0 spiro atoms. The monoisotopic (exact) mass is 314 g/mol. The van der Waals surface area contributed by atoms with Crippen LogP contribution in [0.2, 0.25) is 0 Å². The van der Waals surface area contributed by atoms with Crippen LogP contribution in [0.4, 0.5) is 4.39 Å². The molecule has 0 aromatic heterocycles. The molecular weight excluding hydrogens is 307 g/mol. The first-order valence-electron chi connectivity index (χ1n) is 4.89. The second kappa shape index (κ2) is 5.97. The lowest BCUT2D eigenvalue weighted by Crippen LogP contribution is -2.56. The van der Waals surface area contributed by atoms with Gasteiger partial charge in [-0.15, -0.1) is 0 Å². The van der Waals surface area contributed by atoms with Crippen LogP contribution in [0, 0.1) is 40.5 Å². The number of carbonyl (C=O) groups is 1. The summed E-state index contributed by atoms with van der Waals surface area (Å²) in [5.74, 6) is -6.44. The van der Waals surface area contributed by atoms with Gasteiger partial charge in [0.15, 0.2) is 0 Å². The summed E-state index contributed by atoms with van der Waals surface area (Å²) in [7, 11) is 0. The van der Waals surface area contributed by atoms with Crippen LogP contribution < -0.4 is 0 Å².